The third kappa shape index (κ3) is 5.50. The van der Waals surface area contributed by atoms with Gasteiger partial charge in [0.25, 0.3) is 0 Å². The van der Waals surface area contributed by atoms with Gasteiger partial charge in [-0.1, -0.05) is 37.4 Å². The summed E-state index contributed by atoms with van der Waals surface area (Å²) in [4.78, 5) is 1.36. The van der Waals surface area contributed by atoms with Gasteiger partial charge >= 0.3 is 0 Å². The van der Waals surface area contributed by atoms with Crippen LogP contribution in [-0.2, 0) is 6.54 Å². The minimum Gasteiger partial charge on any atom is -0.308 e. The molecule has 2 atom stereocenters. The minimum absolute atomic E-state index is 0.112. The maximum atomic E-state index is 6.45. The van der Waals surface area contributed by atoms with Crippen molar-refractivity contribution in [3.05, 3.63) is 28.8 Å². The van der Waals surface area contributed by atoms with E-state index in [0.717, 1.165) is 22.7 Å². The lowest BCUT2D eigenvalue weighted by Gasteiger charge is -2.27. The number of thioether (sulfide) groups is 1. The summed E-state index contributed by atoms with van der Waals surface area (Å²) < 4.78 is 0. The van der Waals surface area contributed by atoms with Crippen LogP contribution in [0.15, 0.2) is 23.1 Å². The van der Waals surface area contributed by atoms with Crippen LogP contribution < -0.4 is 5.32 Å². The first kappa shape index (κ1) is 17.2. The molecule has 0 spiro atoms. The maximum absolute atomic E-state index is 6.45. The monoisotopic (exact) mass is 325 g/mol. The highest BCUT2D eigenvalue weighted by molar-refractivity contribution is 8.00. The van der Waals surface area contributed by atoms with Gasteiger partial charge in [0.2, 0.25) is 0 Å². The molecular formula is C18H28ClNS. The van der Waals surface area contributed by atoms with Crippen molar-refractivity contribution in [3.8, 4) is 0 Å². The Bertz CT molecular complexity index is 467. The smallest absolute Gasteiger partial charge is 0.0462 e. The molecule has 0 aliphatic heterocycles. The van der Waals surface area contributed by atoms with Crippen molar-refractivity contribution >= 4 is 23.4 Å². The molecule has 1 fully saturated rings. The van der Waals surface area contributed by atoms with E-state index >= 15 is 0 Å². The molecule has 1 saturated carbocycles. The van der Waals surface area contributed by atoms with Crippen LogP contribution in [0.1, 0.15) is 58.9 Å². The van der Waals surface area contributed by atoms with Crippen molar-refractivity contribution < 1.29 is 0 Å². The lowest BCUT2D eigenvalue weighted by molar-refractivity contribution is 0.394. The highest BCUT2D eigenvalue weighted by atomic mass is 35.5. The number of benzene rings is 1. The molecule has 2 unspecified atom stereocenters. The molecule has 1 aromatic rings. The van der Waals surface area contributed by atoms with Crippen LogP contribution in [-0.4, -0.2) is 10.8 Å². The van der Waals surface area contributed by atoms with Gasteiger partial charge in [0, 0.05) is 27.3 Å². The summed E-state index contributed by atoms with van der Waals surface area (Å²) in [6.45, 7) is 9.80. The standard InChI is InChI=1S/C18H28ClNS/c1-13-7-5-8-14(11-13)21-17-10-6-9-16(19)15(17)12-20-18(2,3)4/h6,9-10,13-14,20H,5,7-8,11-12H2,1-4H3. The molecular weight excluding hydrogens is 298 g/mol. The van der Waals surface area contributed by atoms with Gasteiger partial charge in [-0.15, -0.1) is 11.8 Å². The van der Waals surface area contributed by atoms with Gasteiger partial charge < -0.3 is 5.32 Å². The molecule has 1 aromatic carbocycles. The Kier molecular flexibility index (Phi) is 6.05. The van der Waals surface area contributed by atoms with Gasteiger partial charge in [0.15, 0.2) is 0 Å². The summed E-state index contributed by atoms with van der Waals surface area (Å²) in [5, 5.41) is 5.21. The second-order valence-corrected chi connectivity index (χ2v) is 9.08. The van der Waals surface area contributed by atoms with Gasteiger partial charge in [0.05, 0.1) is 0 Å². The van der Waals surface area contributed by atoms with E-state index in [9.17, 15) is 0 Å². The van der Waals surface area contributed by atoms with Crippen LogP contribution in [0.3, 0.4) is 0 Å². The molecule has 0 aromatic heterocycles. The fourth-order valence-corrected chi connectivity index (χ4v) is 4.69. The van der Waals surface area contributed by atoms with Crippen LogP contribution in [0.5, 0.6) is 0 Å². The average Bonchev–Trinajstić information content (AvgIpc) is 2.37. The van der Waals surface area contributed by atoms with Crippen molar-refractivity contribution in [3.63, 3.8) is 0 Å². The highest BCUT2D eigenvalue weighted by Crippen LogP contribution is 2.39. The lowest BCUT2D eigenvalue weighted by Crippen LogP contribution is -2.35. The number of hydrogen-bond donors (Lipinski definition) is 1. The van der Waals surface area contributed by atoms with Crippen molar-refractivity contribution in [2.24, 2.45) is 5.92 Å². The molecule has 1 nitrogen and oxygen atoms in total. The average molecular weight is 326 g/mol. The first-order chi connectivity index (χ1) is 9.85. The number of rotatable bonds is 4. The predicted octanol–water partition coefficient (Wildman–Crippen LogP) is 5.90. The zero-order valence-electron chi connectivity index (χ0n) is 13.7. The Morgan fingerprint density at radius 2 is 2.05 bits per heavy atom. The summed E-state index contributed by atoms with van der Waals surface area (Å²) in [5.74, 6) is 0.867. The molecule has 1 N–H and O–H groups in total. The minimum atomic E-state index is 0.112. The molecule has 3 heteroatoms. The Morgan fingerprint density at radius 3 is 2.71 bits per heavy atom. The van der Waals surface area contributed by atoms with Crippen molar-refractivity contribution in [2.75, 3.05) is 0 Å². The van der Waals surface area contributed by atoms with E-state index in [4.69, 9.17) is 11.6 Å². The molecule has 118 valence electrons. The van der Waals surface area contributed by atoms with E-state index in [-0.39, 0.29) is 5.54 Å². The molecule has 21 heavy (non-hydrogen) atoms. The van der Waals surface area contributed by atoms with Crippen LogP contribution >= 0.6 is 23.4 Å². The van der Waals surface area contributed by atoms with Gasteiger partial charge in [-0.2, -0.15) is 0 Å². The molecule has 2 rings (SSSR count). The molecule has 1 aliphatic carbocycles. The van der Waals surface area contributed by atoms with Crippen LogP contribution in [0.25, 0.3) is 0 Å². The largest absolute Gasteiger partial charge is 0.308 e. The maximum Gasteiger partial charge on any atom is 0.0462 e. The lowest BCUT2D eigenvalue weighted by atomic mass is 9.91. The Hall–Kier alpha value is -0.180. The zero-order chi connectivity index (χ0) is 15.5. The van der Waals surface area contributed by atoms with E-state index in [1.807, 2.05) is 17.8 Å². The van der Waals surface area contributed by atoms with Crippen molar-refractivity contribution in [2.45, 2.75) is 75.6 Å². The molecule has 0 amide bonds. The Labute approximate surface area is 139 Å². The fraction of sp³-hybridized carbons (Fsp3) is 0.667. The predicted molar refractivity (Wildman–Crippen MR) is 95.3 cm³/mol. The van der Waals surface area contributed by atoms with Crippen molar-refractivity contribution in [1.29, 1.82) is 0 Å². The molecule has 0 radical (unpaired) electrons. The fourth-order valence-electron chi connectivity index (χ4n) is 2.84. The normalized spacial score (nSPS) is 23.3. The van der Waals surface area contributed by atoms with Crippen LogP contribution in [0.4, 0.5) is 0 Å². The van der Waals surface area contributed by atoms with E-state index in [1.165, 1.54) is 36.1 Å². The van der Waals surface area contributed by atoms with E-state index < -0.39 is 0 Å². The second-order valence-electron chi connectivity index (χ2n) is 7.33. The van der Waals surface area contributed by atoms with Crippen LogP contribution in [0, 0.1) is 5.92 Å². The van der Waals surface area contributed by atoms with E-state index in [1.54, 1.807) is 0 Å². The SMILES string of the molecule is CC1CCCC(Sc2cccc(Cl)c2CNC(C)(C)C)C1. The van der Waals surface area contributed by atoms with E-state index in [0.29, 0.717) is 0 Å². The van der Waals surface area contributed by atoms with Gasteiger partial charge in [0.1, 0.15) is 0 Å². The van der Waals surface area contributed by atoms with E-state index in [2.05, 4.69) is 45.1 Å². The first-order valence-corrected chi connectivity index (χ1v) is 9.30. The zero-order valence-corrected chi connectivity index (χ0v) is 15.3. The summed E-state index contributed by atoms with van der Waals surface area (Å²) >= 11 is 8.49. The summed E-state index contributed by atoms with van der Waals surface area (Å²) in [5.41, 5.74) is 1.37. The molecule has 0 saturated heterocycles. The second kappa shape index (κ2) is 7.39. The molecule has 1 aliphatic rings. The van der Waals surface area contributed by atoms with Gasteiger partial charge in [-0.25, -0.2) is 0 Å². The summed E-state index contributed by atoms with van der Waals surface area (Å²) in [6, 6.07) is 6.32. The van der Waals surface area contributed by atoms with Crippen molar-refractivity contribution in [1.82, 2.24) is 5.32 Å². The third-order valence-electron chi connectivity index (χ3n) is 4.05. The van der Waals surface area contributed by atoms with Crippen LogP contribution in [0.2, 0.25) is 5.02 Å². The quantitative estimate of drug-likeness (QED) is 0.739. The third-order valence-corrected chi connectivity index (χ3v) is 5.81. The topological polar surface area (TPSA) is 12.0 Å². The summed E-state index contributed by atoms with van der Waals surface area (Å²) in [6.07, 6.45) is 5.44. The Morgan fingerprint density at radius 1 is 1.29 bits per heavy atom. The van der Waals surface area contributed by atoms with Gasteiger partial charge in [-0.3, -0.25) is 0 Å². The highest BCUT2D eigenvalue weighted by Gasteiger charge is 2.21. The van der Waals surface area contributed by atoms with Gasteiger partial charge in [-0.05, 0) is 57.2 Å². The summed E-state index contributed by atoms with van der Waals surface area (Å²) in [7, 11) is 0. The molecule has 0 heterocycles. The Balaban J connectivity index is 2.09. The first-order valence-electron chi connectivity index (χ1n) is 8.04. The number of hydrogen-bond acceptors (Lipinski definition) is 2. The molecule has 0 bridgehead atoms. The number of nitrogens with one attached hydrogen (secondary N) is 1. The number of halogens is 1.